The molecule has 0 saturated heterocycles. The molecule has 5 nitrogen and oxygen atoms in total. The highest BCUT2D eigenvalue weighted by atomic mass is 32.2. The Morgan fingerprint density at radius 2 is 1.81 bits per heavy atom. The topological polar surface area (TPSA) is 56.5 Å². The summed E-state index contributed by atoms with van der Waals surface area (Å²) < 4.78 is 28.0. The summed E-state index contributed by atoms with van der Waals surface area (Å²) in [5, 5.41) is 0. The van der Waals surface area contributed by atoms with Crippen LogP contribution in [0.1, 0.15) is 11.3 Å². The molecule has 0 aliphatic carbocycles. The Bertz CT molecular complexity index is 896. The lowest BCUT2D eigenvalue weighted by atomic mass is 10.2. The van der Waals surface area contributed by atoms with Gasteiger partial charge >= 0.3 is 0 Å². The first-order chi connectivity index (χ1) is 9.95. The Morgan fingerprint density at radius 3 is 2.52 bits per heavy atom. The van der Waals surface area contributed by atoms with Crippen LogP contribution < -0.4 is 4.68 Å². The normalized spacial score (nSPS) is 11.7. The van der Waals surface area contributed by atoms with Crippen molar-refractivity contribution in [3.63, 3.8) is 0 Å². The predicted octanol–water partition coefficient (Wildman–Crippen LogP) is 2.37. The van der Waals surface area contributed by atoms with E-state index < -0.39 is 10.0 Å². The van der Waals surface area contributed by atoms with Gasteiger partial charge in [0.05, 0.1) is 11.1 Å². The van der Waals surface area contributed by atoms with E-state index in [4.69, 9.17) is 0 Å². The van der Waals surface area contributed by atoms with Gasteiger partial charge in [-0.05, 0) is 31.2 Å². The van der Waals surface area contributed by atoms with Gasteiger partial charge in [0.15, 0.2) is 21.9 Å². The third-order valence-electron chi connectivity index (χ3n) is 3.27. The van der Waals surface area contributed by atoms with Crippen LogP contribution in [0.4, 0.5) is 0 Å². The van der Waals surface area contributed by atoms with E-state index in [1.807, 2.05) is 42.8 Å². The average Bonchev–Trinajstić information content (AvgIpc) is 2.86. The smallest absolute Gasteiger partial charge is 0.191 e. The minimum atomic E-state index is -3.73. The van der Waals surface area contributed by atoms with Crippen LogP contribution in [-0.2, 0) is 10.0 Å². The molecule has 2 heterocycles. The van der Waals surface area contributed by atoms with Gasteiger partial charge in [0.2, 0.25) is 0 Å². The summed E-state index contributed by atoms with van der Waals surface area (Å²) in [7, 11) is -3.73. The molecule has 3 aromatic rings. The number of sulfonamides is 1. The van der Waals surface area contributed by atoms with Crippen LogP contribution in [0.15, 0.2) is 59.9 Å². The third-order valence-corrected chi connectivity index (χ3v) is 4.53. The molecule has 0 atom stereocenters. The largest absolute Gasteiger partial charge is 0.318 e. The van der Waals surface area contributed by atoms with Gasteiger partial charge in [0.25, 0.3) is 0 Å². The lowest BCUT2D eigenvalue weighted by Gasteiger charge is -2.16. The van der Waals surface area contributed by atoms with Gasteiger partial charge in [-0.1, -0.05) is 17.7 Å². The summed E-state index contributed by atoms with van der Waals surface area (Å²) in [4.78, 5) is 4.09. The van der Waals surface area contributed by atoms with E-state index in [-0.39, 0.29) is 4.90 Å². The first-order valence-corrected chi connectivity index (χ1v) is 7.94. The highest BCUT2D eigenvalue weighted by Crippen LogP contribution is 2.16. The van der Waals surface area contributed by atoms with E-state index in [1.165, 1.54) is 4.68 Å². The van der Waals surface area contributed by atoms with Crippen molar-refractivity contribution in [2.75, 3.05) is 0 Å². The Morgan fingerprint density at radius 1 is 1.10 bits per heavy atom. The fourth-order valence-corrected chi connectivity index (χ4v) is 3.06. The molecule has 0 fully saturated rings. The molecule has 21 heavy (non-hydrogen) atoms. The molecule has 0 bridgehead atoms. The van der Waals surface area contributed by atoms with Crippen LogP contribution in [0.5, 0.6) is 0 Å². The summed E-state index contributed by atoms with van der Waals surface area (Å²) in [6.07, 6.45) is 5.44. The van der Waals surface area contributed by atoms with E-state index in [0.717, 1.165) is 16.8 Å². The SMILES string of the molecule is Cc1ccc(S(=O)(=O)[N-][n+]2cc3cccn3cc2C)cc1. The second-order valence-electron chi connectivity index (χ2n) is 4.95. The van der Waals surface area contributed by atoms with Crippen LogP contribution in [-0.4, -0.2) is 12.8 Å². The van der Waals surface area contributed by atoms with Crippen molar-refractivity contribution < 1.29 is 13.1 Å². The van der Waals surface area contributed by atoms with Crippen molar-refractivity contribution in [2.24, 2.45) is 0 Å². The maximum atomic E-state index is 12.3. The fraction of sp³-hybridized carbons (Fsp3) is 0.133. The fourth-order valence-electron chi connectivity index (χ4n) is 2.08. The number of hydrogen-bond acceptors (Lipinski definition) is 2. The quantitative estimate of drug-likeness (QED) is 0.697. The number of hydrogen-bond donors (Lipinski definition) is 0. The Labute approximate surface area is 123 Å². The highest BCUT2D eigenvalue weighted by molar-refractivity contribution is 7.93. The van der Waals surface area contributed by atoms with Crippen molar-refractivity contribution in [2.45, 2.75) is 18.7 Å². The summed E-state index contributed by atoms with van der Waals surface area (Å²) >= 11 is 0. The van der Waals surface area contributed by atoms with Crippen molar-refractivity contribution in [3.05, 3.63) is 71.1 Å². The highest BCUT2D eigenvalue weighted by Gasteiger charge is 2.11. The molecule has 3 rings (SSSR count). The van der Waals surface area contributed by atoms with Crippen LogP contribution in [0, 0.1) is 13.8 Å². The predicted molar refractivity (Wildman–Crippen MR) is 79.5 cm³/mol. The zero-order valence-corrected chi connectivity index (χ0v) is 12.6. The van der Waals surface area contributed by atoms with E-state index >= 15 is 0 Å². The number of aryl methyl sites for hydroxylation is 2. The van der Waals surface area contributed by atoms with Crippen LogP contribution in [0.25, 0.3) is 10.3 Å². The number of fused-ring (bicyclic) bond motifs is 1. The molecule has 0 unspecified atom stereocenters. The molecule has 0 aliphatic rings. The Kier molecular flexibility index (Phi) is 3.17. The molecule has 1 aromatic carbocycles. The molecule has 0 spiro atoms. The second-order valence-corrected chi connectivity index (χ2v) is 6.54. The lowest BCUT2D eigenvalue weighted by molar-refractivity contribution is -0.620. The number of aromatic nitrogens is 2. The average molecular weight is 301 g/mol. The Balaban J connectivity index is 2.00. The molecular weight excluding hydrogens is 286 g/mol. The van der Waals surface area contributed by atoms with Gasteiger partial charge < -0.3 is 9.23 Å². The monoisotopic (exact) mass is 301 g/mol. The minimum Gasteiger partial charge on any atom is -0.318 e. The van der Waals surface area contributed by atoms with Gasteiger partial charge in [-0.2, -0.15) is 0 Å². The van der Waals surface area contributed by atoms with Gasteiger partial charge in [-0.25, -0.2) is 13.1 Å². The van der Waals surface area contributed by atoms with Gasteiger partial charge in [0.1, 0.15) is 5.52 Å². The number of benzene rings is 1. The first-order valence-electron chi connectivity index (χ1n) is 6.50. The maximum absolute atomic E-state index is 12.3. The third kappa shape index (κ3) is 2.62. The molecule has 0 amide bonds. The first kappa shape index (κ1) is 13.6. The van der Waals surface area contributed by atoms with Crippen LogP contribution in [0.3, 0.4) is 0 Å². The summed E-state index contributed by atoms with van der Waals surface area (Å²) in [6, 6.07) is 10.4. The van der Waals surface area contributed by atoms with Crippen LogP contribution in [0.2, 0.25) is 0 Å². The van der Waals surface area contributed by atoms with Crippen molar-refractivity contribution in [3.8, 4) is 0 Å². The zero-order chi connectivity index (χ0) is 15.0. The molecule has 0 N–H and O–H groups in total. The molecule has 108 valence electrons. The van der Waals surface area contributed by atoms with E-state index in [2.05, 4.69) is 4.83 Å². The second kappa shape index (κ2) is 4.89. The zero-order valence-electron chi connectivity index (χ0n) is 11.8. The van der Waals surface area contributed by atoms with Crippen molar-refractivity contribution >= 4 is 15.5 Å². The van der Waals surface area contributed by atoms with E-state index in [9.17, 15) is 8.42 Å². The standard InChI is InChI=1S/C15H15N3O2S/c1-12-5-7-15(8-6-12)21(19,20)16-18-11-14-4-3-9-17(14)10-13(18)2/h3-11H,1-2H3. The van der Waals surface area contributed by atoms with E-state index in [0.29, 0.717) is 0 Å². The van der Waals surface area contributed by atoms with Gasteiger partial charge in [-0.15, -0.1) is 0 Å². The molecule has 6 heteroatoms. The van der Waals surface area contributed by atoms with Crippen molar-refractivity contribution in [1.82, 2.24) is 4.40 Å². The summed E-state index contributed by atoms with van der Waals surface area (Å²) in [5.74, 6) is 0. The maximum Gasteiger partial charge on any atom is 0.191 e. The van der Waals surface area contributed by atoms with Gasteiger partial charge in [0, 0.05) is 13.1 Å². The van der Waals surface area contributed by atoms with Crippen LogP contribution >= 0.6 is 0 Å². The number of nitrogens with zero attached hydrogens (tertiary/aromatic N) is 3. The molecule has 0 saturated carbocycles. The number of rotatable bonds is 3. The van der Waals surface area contributed by atoms with Crippen molar-refractivity contribution in [1.29, 1.82) is 0 Å². The Hall–Kier alpha value is -2.34. The van der Waals surface area contributed by atoms with Gasteiger partial charge in [-0.3, -0.25) is 0 Å². The summed E-state index contributed by atoms with van der Waals surface area (Å²) in [5.41, 5.74) is 2.62. The lowest BCUT2D eigenvalue weighted by Crippen LogP contribution is -2.35. The molecule has 2 aromatic heterocycles. The molecule has 0 aliphatic heterocycles. The molecule has 0 radical (unpaired) electrons. The molecular formula is C15H15N3O2S. The minimum absolute atomic E-state index is 0.190. The van der Waals surface area contributed by atoms with E-state index in [1.54, 1.807) is 30.5 Å². The summed E-state index contributed by atoms with van der Waals surface area (Å²) in [6.45, 7) is 3.72.